The van der Waals surface area contributed by atoms with Gasteiger partial charge in [0.2, 0.25) is 0 Å². The second kappa shape index (κ2) is 8.75. The van der Waals surface area contributed by atoms with Gasteiger partial charge in [0.05, 0.1) is 22.8 Å². The minimum absolute atomic E-state index is 0.205. The Kier molecular flexibility index (Phi) is 5.90. The van der Waals surface area contributed by atoms with Gasteiger partial charge in [-0.25, -0.2) is 9.37 Å². The lowest BCUT2D eigenvalue weighted by Crippen LogP contribution is -2.22. The van der Waals surface area contributed by atoms with Crippen molar-refractivity contribution in [3.8, 4) is 5.69 Å². The summed E-state index contributed by atoms with van der Waals surface area (Å²) in [6, 6.07) is 15.5. The normalized spacial score (nSPS) is 11.6. The first-order valence-electron chi connectivity index (χ1n) is 9.75. The highest BCUT2D eigenvalue weighted by Crippen LogP contribution is 2.17. The maximum atomic E-state index is 13.3. The molecule has 2 aromatic carbocycles. The van der Waals surface area contributed by atoms with E-state index in [9.17, 15) is 9.18 Å². The Morgan fingerprint density at radius 2 is 1.97 bits per heavy atom. The number of hydrogen-bond acceptors (Lipinski definition) is 3. The van der Waals surface area contributed by atoms with Crippen molar-refractivity contribution >= 4 is 33.0 Å². The molecule has 0 N–H and O–H groups in total. The molecule has 2 heterocycles. The summed E-state index contributed by atoms with van der Waals surface area (Å²) >= 11 is 3.42. The van der Waals surface area contributed by atoms with E-state index >= 15 is 0 Å². The predicted octanol–water partition coefficient (Wildman–Crippen LogP) is 5.31. The van der Waals surface area contributed by atoms with E-state index in [1.165, 1.54) is 16.8 Å². The molecule has 0 amide bonds. The van der Waals surface area contributed by atoms with Gasteiger partial charge in [-0.3, -0.25) is 4.79 Å². The number of nitrogens with zero attached hydrogens (tertiary/aromatic N) is 4. The number of rotatable bonds is 6. The summed E-state index contributed by atoms with van der Waals surface area (Å²) in [5, 5.41) is 5.00. The lowest BCUT2D eigenvalue weighted by Gasteiger charge is -2.10. The average molecular weight is 467 g/mol. The highest BCUT2D eigenvalue weighted by atomic mass is 79.9. The molecule has 0 saturated carbocycles. The molecule has 0 aliphatic rings. The Bertz CT molecular complexity index is 1270. The molecule has 0 radical (unpaired) electrons. The molecule has 0 unspecified atom stereocenters. The molecule has 30 heavy (non-hydrogen) atoms. The number of halogens is 2. The van der Waals surface area contributed by atoms with Gasteiger partial charge in [0, 0.05) is 22.8 Å². The first-order valence-corrected chi connectivity index (χ1v) is 10.5. The van der Waals surface area contributed by atoms with E-state index in [1.54, 1.807) is 24.4 Å². The number of fused-ring (bicyclic) bond motifs is 1. The Hall–Kier alpha value is -3.06. The van der Waals surface area contributed by atoms with Crippen LogP contribution in [0.4, 0.5) is 4.39 Å². The Morgan fingerprint density at radius 3 is 2.73 bits per heavy atom. The zero-order valence-electron chi connectivity index (χ0n) is 16.4. The molecule has 4 aromatic rings. The van der Waals surface area contributed by atoms with Gasteiger partial charge in [-0.15, -0.1) is 0 Å². The molecule has 2 aromatic heterocycles. The zero-order chi connectivity index (χ0) is 21.1. The van der Waals surface area contributed by atoms with Crippen molar-refractivity contribution in [3.05, 3.63) is 93.0 Å². The summed E-state index contributed by atoms with van der Waals surface area (Å²) in [6.45, 7) is 2.10. The van der Waals surface area contributed by atoms with E-state index in [1.807, 2.05) is 35.0 Å². The maximum Gasteiger partial charge on any atom is 0.282 e. The predicted molar refractivity (Wildman–Crippen MR) is 121 cm³/mol. The minimum Gasteiger partial charge on any atom is -0.316 e. The molecule has 4 rings (SSSR count). The van der Waals surface area contributed by atoms with Crippen molar-refractivity contribution in [1.82, 2.24) is 14.2 Å². The van der Waals surface area contributed by atoms with Crippen molar-refractivity contribution in [2.45, 2.75) is 26.2 Å². The largest absolute Gasteiger partial charge is 0.316 e. The lowest BCUT2D eigenvalue weighted by molar-refractivity contribution is 0.627. The van der Waals surface area contributed by atoms with Crippen LogP contribution in [-0.4, -0.2) is 20.4 Å². The highest BCUT2D eigenvalue weighted by molar-refractivity contribution is 9.10. The summed E-state index contributed by atoms with van der Waals surface area (Å²) in [7, 11) is 0. The number of hydrogen-bond donors (Lipinski definition) is 0. The smallest absolute Gasteiger partial charge is 0.282 e. The summed E-state index contributed by atoms with van der Waals surface area (Å²) in [6.07, 6.45) is 6.06. The molecular formula is C23H20BrFN4O. The molecule has 0 atom stereocenters. The van der Waals surface area contributed by atoms with Crippen LogP contribution in [0.3, 0.4) is 0 Å². The quantitative estimate of drug-likeness (QED) is 0.361. The fraction of sp³-hybridized carbons (Fsp3) is 0.174. The third-order valence-electron chi connectivity index (χ3n) is 4.82. The number of unbranched alkanes of at least 4 members (excludes halogenated alkanes) is 1. The van der Waals surface area contributed by atoms with Crippen LogP contribution in [0.15, 0.2) is 75.2 Å². The summed E-state index contributed by atoms with van der Waals surface area (Å²) < 4.78 is 17.3. The number of aromatic nitrogens is 3. The van der Waals surface area contributed by atoms with Gasteiger partial charge >= 0.3 is 0 Å². The van der Waals surface area contributed by atoms with Crippen molar-refractivity contribution < 1.29 is 4.39 Å². The van der Waals surface area contributed by atoms with Crippen LogP contribution >= 0.6 is 15.9 Å². The van der Waals surface area contributed by atoms with E-state index in [-0.39, 0.29) is 11.4 Å². The van der Waals surface area contributed by atoms with E-state index < -0.39 is 0 Å². The van der Waals surface area contributed by atoms with Crippen molar-refractivity contribution in [2.75, 3.05) is 0 Å². The van der Waals surface area contributed by atoms with Crippen LogP contribution in [0.25, 0.3) is 16.6 Å². The third kappa shape index (κ3) is 4.11. The van der Waals surface area contributed by atoms with Crippen LogP contribution in [0, 0.1) is 5.82 Å². The second-order valence-electron chi connectivity index (χ2n) is 6.93. The molecule has 5 nitrogen and oxygen atoms in total. The van der Waals surface area contributed by atoms with Crippen LogP contribution in [0.5, 0.6) is 0 Å². The molecular weight excluding hydrogens is 447 g/mol. The van der Waals surface area contributed by atoms with Crippen LogP contribution in [0.2, 0.25) is 0 Å². The molecule has 0 spiro atoms. The second-order valence-corrected chi connectivity index (χ2v) is 7.85. The van der Waals surface area contributed by atoms with Crippen molar-refractivity contribution in [1.29, 1.82) is 0 Å². The van der Waals surface area contributed by atoms with Gasteiger partial charge in [-0.1, -0.05) is 29.3 Å². The standard InChI is InChI=1S/C23H20BrFN4O/c1-2-3-6-22-27-21-12-7-16(24)14-20(21)23(30)29(22)26-15-19-5-4-13-28(19)18-10-8-17(25)9-11-18/h4-5,7-15H,2-3,6H2,1H3. The van der Waals surface area contributed by atoms with Gasteiger partial charge in [-0.2, -0.15) is 9.78 Å². The molecule has 152 valence electrons. The van der Waals surface area contributed by atoms with Crippen molar-refractivity contribution in [3.63, 3.8) is 0 Å². The van der Waals surface area contributed by atoms with Crippen LogP contribution < -0.4 is 5.56 Å². The lowest BCUT2D eigenvalue weighted by atomic mass is 10.2. The molecule has 0 bridgehead atoms. The van der Waals surface area contributed by atoms with Gasteiger partial charge in [0.1, 0.15) is 11.6 Å². The summed E-state index contributed by atoms with van der Waals surface area (Å²) in [4.78, 5) is 17.8. The number of benzene rings is 2. The van der Waals surface area contributed by atoms with Gasteiger partial charge < -0.3 is 4.57 Å². The van der Waals surface area contributed by atoms with Crippen LogP contribution in [-0.2, 0) is 6.42 Å². The Labute approximate surface area is 181 Å². The molecule has 0 aliphatic heterocycles. The third-order valence-corrected chi connectivity index (χ3v) is 5.31. The Morgan fingerprint density at radius 1 is 1.17 bits per heavy atom. The van der Waals surface area contributed by atoms with Gasteiger partial charge in [-0.05, 0) is 61.0 Å². The van der Waals surface area contributed by atoms with E-state index in [4.69, 9.17) is 0 Å². The molecule has 7 heteroatoms. The first-order chi connectivity index (χ1) is 14.6. The fourth-order valence-electron chi connectivity index (χ4n) is 3.26. The highest BCUT2D eigenvalue weighted by Gasteiger charge is 2.11. The SMILES string of the molecule is CCCCc1nc2ccc(Br)cc2c(=O)n1N=Cc1cccn1-c1ccc(F)cc1. The minimum atomic E-state index is -0.290. The maximum absolute atomic E-state index is 13.3. The number of aryl methyl sites for hydroxylation is 1. The summed E-state index contributed by atoms with van der Waals surface area (Å²) in [5.74, 6) is 0.342. The van der Waals surface area contributed by atoms with E-state index in [0.29, 0.717) is 23.1 Å². The average Bonchev–Trinajstić information content (AvgIpc) is 3.21. The van der Waals surface area contributed by atoms with Crippen LogP contribution in [0.1, 0.15) is 31.3 Å². The summed E-state index contributed by atoms with van der Waals surface area (Å²) in [5.41, 5.74) is 2.03. The van der Waals surface area contributed by atoms with E-state index in [2.05, 4.69) is 32.9 Å². The fourth-order valence-corrected chi connectivity index (χ4v) is 3.62. The first kappa shape index (κ1) is 20.2. The van der Waals surface area contributed by atoms with Crippen molar-refractivity contribution in [2.24, 2.45) is 5.10 Å². The molecule has 0 aliphatic carbocycles. The van der Waals surface area contributed by atoms with Gasteiger partial charge in [0.15, 0.2) is 0 Å². The monoisotopic (exact) mass is 466 g/mol. The zero-order valence-corrected chi connectivity index (χ0v) is 18.0. The topological polar surface area (TPSA) is 52.2 Å². The van der Waals surface area contributed by atoms with E-state index in [0.717, 1.165) is 28.7 Å². The Balaban J connectivity index is 1.79. The van der Waals surface area contributed by atoms with Gasteiger partial charge in [0.25, 0.3) is 5.56 Å². The molecule has 0 saturated heterocycles. The molecule has 0 fully saturated rings.